The van der Waals surface area contributed by atoms with Gasteiger partial charge in [0, 0.05) is 6.42 Å². The van der Waals surface area contributed by atoms with Gasteiger partial charge in [0.2, 0.25) is 23.6 Å². The average molecular weight is 538 g/mol. The summed E-state index contributed by atoms with van der Waals surface area (Å²) in [5, 5.41) is 34.7. The largest absolute Gasteiger partial charge is 0.508 e. The molecule has 210 valence electrons. The first-order valence-electron chi connectivity index (χ1n) is 11.9. The Morgan fingerprint density at radius 3 is 1.95 bits per heavy atom. The van der Waals surface area contributed by atoms with E-state index in [0.29, 0.717) is 12.0 Å². The number of carboxylic acid groups (broad SMARTS) is 2. The number of benzene rings is 1. The maximum Gasteiger partial charge on any atom is 0.326 e. The fourth-order valence-corrected chi connectivity index (χ4v) is 3.41. The highest BCUT2D eigenvalue weighted by Crippen LogP contribution is 2.12. The van der Waals surface area contributed by atoms with Crippen molar-refractivity contribution in [3.05, 3.63) is 29.8 Å². The van der Waals surface area contributed by atoms with Crippen LogP contribution in [0.2, 0.25) is 0 Å². The molecule has 0 heterocycles. The predicted molar refractivity (Wildman–Crippen MR) is 133 cm³/mol. The van der Waals surface area contributed by atoms with Gasteiger partial charge in [-0.2, -0.15) is 0 Å². The molecule has 38 heavy (non-hydrogen) atoms. The van der Waals surface area contributed by atoms with Crippen molar-refractivity contribution in [1.82, 2.24) is 16.0 Å². The maximum absolute atomic E-state index is 13.0. The number of carbonyl (C=O) groups is 6. The van der Waals surface area contributed by atoms with Crippen LogP contribution in [0.4, 0.5) is 0 Å². The number of nitrogens with two attached hydrogens (primary N) is 2. The normalized spacial score (nSPS) is 14.7. The predicted octanol–water partition coefficient (Wildman–Crippen LogP) is -1.41. The van der Waals surface area contributed by atoms with E-state index in [4.69, 9.17) is 16.6 Å². The van der Waals surface area contributed by atoms with E-state index in [2.05, 4.69) is 16.0 Å². The molecule has 1 aromatic carbocycles. The molecule has 0 bridgehead atoms. The molecule has 0 radical (unpaired) electrons. The third-order valence-corrected chi connectivity index (χ3v) is 5.82. The average Bonchev–Trinajstić information content (AvgIpc) is 2.84. The van der Waals surface area contributed by atoms with Crippen LogP contribution in [0.3, 0.4) is 0 Å². The van der Waals surface area contributed by atoms with E-state index < -0.39 is 84.9 Å². The van der Waals surface area contributed by atoms with Gasteiger partial charge < -0.3 is 42.7 Å². The Hall–Kier alpha value is -4.20. The summed E-state index contributed by atoms with van der Waals surface area (Å²) in [5.41, 5.74) is 11.7. The third kappa shape index (κ3) is 10.8. The molecule has 0 saturated carbocycles. The van der Waals surface area contributed by atoms with Crippen LogP contribution < -0.4 is 27.4 Å². The van der Waals surface area contributed by atoms with Gasteiger partial charge in [-0.3, -0.25) is 24.0 Å². The fraction of sp³-hybridized carbons (Fsp3) is 0.500. The van der Waals surface area contributed by atoms with Gasteiger partial charge in [0.1, 0.15) is 23.9 Å². The number of amides is 4. The molecule has 4 amide bonds. The van der Waals surface area contributed by atoms with Gasteiger partial charge in [0.15, 0.2) is 0 Å². The highest BCUT2D eigenvalue weighted by atomic mass is 16.4. The molecule has 0 saturated heterocycles. The van der Waals surface area contributed by atoms with Crippen molar-refractivity contribution in [2.24, 2.45) is 17.4 Å². The van der Waals surface area contributed by atoms with Gasteiger partial charge >= 0.3 is 11.9 Å². The summed E-state index contributed by atoms with van der Waals surface area (Å²) in [4.78, 5) is 72.7. The first-order valence-corrected chi connectivity index (χ1v) is 11.9. The van der Waals surface area contributed by atoms with Gasteiger partial charge in [-0.1, -0.05) is 32.4 Å². The van der Waals surface area contributed by atoms with Gasteiger partial charge in [-0.05, 0) is 36.5 Å². The Labute approximate surface area is 219 Å². The minimum Gasteiger partial charge on any atom is -0.508 e. The Morgan fingerprint density at radius 2 is 1.45 bits per heavy atom. The van der Waals surface area contributed by atoms with E-state index in [0.717, 1.165) is 0 Å². The van der Waals surface area contributed by atoms with Crippen molar-refractivity contribution in [3.63, 3.8) is 0 Å². The summed E-state index contributed by atoms with van der Waals surface area (Å²) in [5.74, 6) is -6.75. The van der Waals surface area contributed by atoms with Crippen molar-refractivity contribution >= 4 is 35.6 Å². The monoisotopic (exact) mass is 537 g/mol. The van der Waals surface area contributed by atoms with Crippen LogP contribution >= 0.6 is 0 Å². The number of primary amides is 1. The van der Waals surface area contributed by atoms with E-state index >= 15 is 0 Å². The molecule has 0 aliphatic heterocycles. The number of hydrogen-bond donors (Lipinski definition) is 8. The van der Waals surface area contributed by atoms with Crippen LogP contribution in [0, 0.1) is 5.92 Å². The van der Waals surface area contributed by atoms with E-state index in [-0.39, 0.29) is 12.2 Å². The van der Waals surface area contributed by atoms with Crippen molar-refractivity contribution in [2.45, 2.75) is 70.1 Å². The molecule has 0 aliphatic carbocycles. The standard InChI is InChI=1S/C24H35N5O9/c1-3-12(2)20(24(37)38)29-22(35)16(8-9-19(32)33)27-23(36)17(11-18(26)31)28-21(34)15(25)10-13-4-6-14(30)7-5-13/h4-7,12,15-17,20,30H,3,8-11,25H2,1-2H3,(H2,26,31)(H,27,36)(H,28,34)(H,29,35)(H,32,33)(H,37,38). The summed E-state index contributed by atoms with van der Waals surface area (Å²) in [6.45, 7) is 3.32. The zero-order valence-corrected chi connectivity index (χ0v) is 21.2. The number of phenols is 1. The van der Waals surface area contributed by atoms with Crippen molar-refractivity contribution in [2.75, 3.05) is 0 Å². The summed E-state index contributed by atoms with van der Waals surface area (Å²) in [7, 11) is 0. The lowest BCUT2D eigenvalue weighted by atomic mass is 9.98. The number of nitrogens with one attached hydrogen (secondary N) is 3. The van der Waals surface area contributed by atoms with Gasteiger partial charge in [0.05, 0.1) is 12.5 Å². The Balaban J connectivity index is 3.03. The minimum atomic E-state index is -1.55. The second-order valence-electron chi connectivity index (χ2n) is 8.91. The van der Waals surface area contributed by atoms with Crippen LogP contribution in [0.1, 0.15) is 45.1 Å². The summed E-state index contributed by atoms with van der Waals surface area (Å²) < 4.78 is 0. The lowest BCUT2D eigenvalue weighted by molar-refractivity contribution is -0.144. The number of rotatable bonds is 16. The summed E-state index contributed by atoms with van der Waals surface area (Å²) in [6, 6.07) is 0.426. The van der Waals surface area contributed by atoms with E-state index in [9.17, 15) is 39.0 Å². The molecule has 10 N–H and O–H groups in total. The van der Waals surface area contributed by atoms with E-state index in [1.54, 1.807) is 26.0 Å². The highest BCUT2D eigenvalue weighted by Gasteiger charge is 2.32. The zero-order valence-electron chi connectivity index (χ0n) is 21.2. The number of aliphatic carboxylic acids is 2. The molecule has 14 nitrogen and oxygen atoms in total. The lowest BCUT2D eigenvalue weighted by Crippen LogP contribution is -2.58. The molecule has 0 aromatic heterocycles. The maximum atomic E-state index is 13.0. The van der Waals surface area contributed by atoms with Crippen LogP contribution in [0.15, 0.2) is 24.3 Å². The van der Waals surface area contributed by atoms with E-state index in [1.165, 1.54) is 12.1 Å². The molecule has 5 atom stereocenters. The molecule has 5 unspecified atom stereocenters. The molecule has 1 aromatic rings. The Bertz CT molecular complexity index is 1020. The van der Waals surface area contributed by atoms with Crippen molar-refractivity contribution in [1.29, 1.82) is 0 Å². The molecular weight excluding hydrogens is 502 g/mol. The number of hydrogen-bond acceptors (Lipinski definition) is 8. The zero-order chi connectivity index (χ0) is 29.0. The smallest absolute Gasteiger partial charge is 0.326 e. The van der Waals surface area contributed by atoms with Gasteiger partial charge in [0.25, 0.3) is 0 Å². The molecule has 14 heteroatoms. The van der Waals surface area contributed by atoms with Crippen LogP contribution in [0.5, 0.6) is 5.75 Å². The topological polar surface area (TPSA) is 251 Å². The number of carboxylic acids is 2. The van der Waals surface area contributed by atoms with Crippen LogP contribution in [-0.2, 0) is 35.2 Å². The molecule has 1 rings (SSSR count). The molecular formula is C24H35N5O9. The summed E-state index contributed by atoms with van der Waals surface area (Å²) in [6.07, 6.45) is -1.13. The lowest BCUT2D eigenvalue weighted by Gasteiger charge is -2.26. The second kappa shape index (κ2) is 15.1. The summed E-state index contributed by atoms with van der Waals surface area (Å²) >= 11 is 0. The minimum absolute atomic E-state index is 0.0188. The SMILES string of the molecule is CCC(C)C(NC(=O)C(CCC(=O)O)NC(=O)C(CC(N)=O)NC(=O)C(N)Cc1ccc(O)cc1)C(=O)O. The van der Waals surface area contributed by atoms with Gasteiger partial charge in [-0.15, -0.1) is 0 Å². The number of aromatic hydroxyl groups is 1. The Morgan fingerprint density at radius 1 is 0.895 bits per heavy atom. The fourth-order valence-electron chi connectivity index (χ4n) is 3.41. The Kier molecular flexibility index (Phi) is 12.7. The number of phenolic OH excluding ortho intramolecular Hbond substituents is 1. The first-order chi connectivity index (χ1) is 17.7. The second-order valence-corrected chi connectivity index (χ2v) is 8.91. The highest BCUT2D eigenvalue weighted by molar-refractivity contribution is 5.96. The van der Waals surface area contributed by atoms with Gasteiger partial charge in [-0.25, -0.2) is 4.79 Å². The van der Waals surface area contributed by atoms with Crippen LogP contribution in [0.25, 0.3) is 0 Å². The quantitative estimate of drug-likeness (QED) is 0.122. The first kappa shape index (κ1) is 31.8. The third-order valence-electron chi connectivity index (χ3n) is 5.82. The molecule has 0 spiro atoms. The van der Waals surface area contributed by atoms with Crippen molar-refractivity contribution in [3.8, 4) is 5.75 Å². The van der Waals surface area contributed by atoms with Crippen LogP contribution in [-0.4, -0.2) is 75.1 Å². The molecule has 0 aliphatic rings. The molecule has 0 fully saturated rings. The van der Waals surface area contributed by atoms with Crippen molar-refractivity contribution < 1.29 is 44.1 Å². The van der Waals surface area contributed by atoms with E-state index in [1.807, 2.05) is 0 Å². The number of carbonyl (C=O) groups excluding carboxylic acids is 4.